The molecule has 0 bridgehead atoms. The Labute approximate surface area is 98.0 Å². The van der Waals surface area contributed by atoms with Gasteiger partial charge in [-0.2, -0.15) is 0 Å². The maximum atomic E-state index is 12.0. The Morgan fingerprint density at radius 2 is 2.12 bits per heavy atom. The normalized spacial score (nSPS) is 22.2. The van der Waals surface area contributed by atoms with Crippen molar-refractivity contribution in [1.29, 1.82) is 0 Å². The Kier molecular flexibility index (Phi) is 2.63. The summed E-state index contributed by atoms with van der Waals surface area (Å²) in [6.45, 7) is 0. The van der Waals surface area contributed by atoms with Crippen LogP contribution in [0.3, 0.4) is 0 Å². The van der Waals surface area contributed by atoms with Crippen LogP contribution in [0.5, 0.6) is 5.75 Å². The lowest BCUT2D eigenvalue weighted by molar-refractivity contribution is -0.156. The van der Waals surface area contributed by atoms with Crippen LogP contribution in [0, 0.1) is 0 Å². The molecule has 0 spiro atoms. The highest BCUT2D eigenvalue weighted by Gasteiger charge is 2.52. The van der Waals surface area contributed by atoms with Gasteiger partial charge >= 0.3 is 5.97 Å². The van der Waals surface area contributed by atoms with Crippen molar-refractivity contribution in [2.45, 2.75) is 12.0 Å². The molecule has 0 aromatic heterocycles. The smallest absolute Gasteiger partial charge is 0.346 e. The summed E-state index contributed by atoms with van der Waals surface area (Å²) in [6.07, 6.45) is -0.113. The predicted molar refractivity (Wildman–Crippen MR) is 58.0 cm³/mol. The van der Waals surface area contributed by atoms with Gasteiger partial charge in [-0.15, -0.1) is 0 Å². The molecule has 0 aliphatic heterocycles. The summed E-state index contributed by atoms with van der Waals surface area (Å²) in [5.74, 6) is -1.10. The molecule has 2 rings (SSSR count). The van der Waals surface area contributed by atoms with Gasteiger partial charge in [0.25, 0.3) is 0 Å². The van der Waals surface area contributed by atoms with Gasteiger partial charge in [0, 0.05) is 17.5 Å². The number of ketones is 1. The lowest BCUT2D eigenvalue weighted by atomic mass is 10.00. The van der Waals surface area contributed by atoms with E-state index in [2.05, 4.69) is 4.74 Å². The number of carbonyl (C=O) groups excluding carboxylic acids is 2. The number of fused-ring (bicyclic) bond motifs is 1. The Bertz CT molecular complexity index is 494. The number of benzene rings is 1. The quantitative estimate of drug-likeness (QED) is 0.592. The van der Waals surface area contributed by atoms with Gasteiger partial charge in [-0.1, -0.05) is 12.1 Å². The van der Waals surface area contributed by atoms with Crippen LogP contribution in [0.2, 0.25) is 0 Å². The van der Waals surface area contributed by atoms with Gasteiger partial charge in [-0.3, -0.25) is 4.79 Å². The van der Waals surface area contributed by atoms with Crippen molar-refractivity contribution < 1.29 is 24.2 Å². The highest BCUT2D eigenvalue weighted by atomic mass is 16.5. The molecule has 1 N–H and O–H groups in total. The number of Topliss-reactive ketones (excluding diaryl/α,β-unsaturated/α-hetero) is 1. The number of ether oxygens (including phenoxy) is 2. The molecular weight excluding hydrogens is 224 g/mol. The first-order chi connectivity index (χ1) is 8.04. The molecule has 90 valence electrons. The summed E-state index contributed by atoms with van der Waals surface area (Å²) in [6, 6.07) is 4.87. The molecule has 0 saturated carbocycles. The van der Waals surface area contributed by atoms with Crippen LogP contribution in [-0.2, 0) is 16.0 Å². The van der Waals surface area contributed by atoms with Crippen LogP contribution in [-0.4, -0.2) is 36.7 Å². The molecule has 0 amide bonds. The lowest BCUT2D eigenvalue weighted by Crippen LogP contribution is -2.45. The molecule has 1 aliphatic carbocycles. The third kappa shape index (κ3) is 1.51. The van der Waals surface area contributed by atoms with Gasteiger partial charge in [0.05, 0.1) is 14.2 Å². The van der Waals surface area contributed by atoms with E-state index in [4.69, 9.17) is 4.74 Å². The molecule has 1 atom stereocenters. The van der Waals surface area contributed by atoms with Crippen LogP contribution < -0.4 is 4.74 Å². The first-order valence-electron chi connectivity index (χ1n) is 5.06. The van der Waals surface area contributed by atoms with Gasteiger partial charge < -0.3 is 14.6 Å². The van der Waals surface area contributed by atoms with Crippen LogP contribution in [0.25, 0.3) is 0 Å². The second-order valence-corrected chi connectivity index (χ2v) is 3.84. The second kappa shape index (κ2) is 3.85. The van der Waals surface area contributed by atoms with Gasteiger partial charge in [-0.25, -0.2) is 4.79 Å². The molecular formula is C12H12O5. The lowest BCUT2D eigenvalue weighted by Gasteiger charge is -2.16. The summed E-state index contributed by atoms with van der Waals surface area (Å²) < 4.78 is 9.56. The fourth-order valence-corrected chi connectivity index (χ4v) is 2.04. The maximum absolute atomic E-state index is 12.0. The van der Waals surface area contributed by atoms with Crippen molar-refractivity contribution in [1.82, 2.24) is 0 Å². The molecule has 1 aliphatic rings. The van der Waals surface area contributed by atoms with E-state index in [9.17, 15) is 14.7 Å². The third-order valence-corrected chi connectivity index (χ3v) is 2.93. The Morgan fingerprint density at radius 1 is 1.41 bits per heavy atom. The number of rotatable bonds is 2. The van der Waals surface area contributed by atoms with E-state index in [1.807, 2.05) is 0 Å². The number of carbonyl (C=O) groups is 2. The highest BCUT2D eigenvalue weighted by molar-refractivity contribution is 6.19. The molecule has 5 heteroatoms. The van der Waals surface area contributed by atoms with E-state index in [-0.39, 0.29) is 6.42 Å². The number of hydrogen-bond donors (Lipinski definition) is 1. The van der Waals surface area contributed by atoms with Crippen molar-refractivity contribution in [2.24, 2.45) is 0 Å². The third-order valence-electron chi connectivity index (χ3n) is 2.93. The van der Waals surface area contributed by atoms with Crippen molar-refractivity contribution >= 4 is 11.8 Å². The monoisotopic (exact) mass is 236 g/mol. The van der Waals surface area contributed by atoms with E-state index >= 15 is 0 Å². The summed E-state index contributed by atoms with van der Waals surface area (Å²) in [7, 11) is 2.60. The van der Waals surface area contributed by atoms with Crippen molar-refractivity contribution in [3.63, 3.8) is 0 Å². The first kappa shape index (κ1) is 11.6. The summed E-state index contributed by atoms with van der Waals surface area (Å²) >= 11 is 0. The topological polar surface area (TPSA) is 72.8 Å². The van der Waals surface area contributed by atoms with Crippen molar-refractivity contribution in [3.05, 3.63) is 29.3 Å². The van der Waals surface area contributed by atoms with E-state index in [0.717, 1.165) is 7.11 Å². The van der Waals surface area contributed by atoms with Crippen molar-refractivity contribution in [3.8, 4) is 5.75 Å². The van der Waals surface area contributed by atoms with E-state index < -0.39 is 17.4 Å². The summed E-state index contributed by atoms with van der Waals surface area (Å²) in [4.78, 5) is 23.5. The first-order valence-corrected chi connectivity index (χ1v) is 5.06. The number of esters is 1. The maximum Gasteiger partial charge on any atom is 0.346 e. The average molecular weight is 236 g/mol. The summed E-state index contributed by atoms with van der Waals surface area (Å²) in [5.41, 5.74) is -1.28. The minimum Gasteiger partial charge on any atom is -0.496 e. The molecule has 0 saturated heterocycles. The Hall–Kier alpha value is -1.88. The Morgan fingerprint density at radius 3 is 2.71 bits per heavy atom. The molecule has 0 heterocycles. The largest absolute Gasteiger partial charge is 0.496 e. The molecule has 5 nitrogen and oxygen atoms in total. The fraction of sp³-hybridized carbons (Fsp3) is 0.333. The molecule has 0 fully saturated rings. The Balaban J connectivity index is 2.52. The predicted octanol–water partition coefficient (Wildman–Crippen LogP) is 0.338. The number of hydrogen-bond acceptors (Lipinski definition) is 5. The van der Waals surface area contributed by atoms with Gasteiger partial charge in [0.15, 0.2) is 0 Å². The summed E-state index contributed by atoms with van der Waals surface area (Å²) in [5, 5.41) is 10.1. The van der Waals surface area contributed by atoms with E-state index in [1.165, 1.54) is 7.11 Å². The standard InChI is InChI=1S/C12H12O5/c1-16-9-5-3-4-7-8(9)6-12(15,10(7)13)11(14)17-2/h3-5,15H,6H2,1-2H3/t12-/m1/s1. The molecule has 1 aromatic rings. The van der Waals surface area contributed by atoms with Crippen LogP contribution in [0.1, 0.15) is 15.9 Å². The van der Waals surface area contributed by atoms with Gasteiger partial charge in [0.1, 0.15) is 5.75 Å². The number of methoxy groups -OCH3 is 2. The van der Waals surface area contributed by atoms with Gasteiger partial charge in [-0.05, 0) is 6.07 Å². The second-order valence-electron chi connectivity index (χ2n) is 3.84. The molecule has 0 radical (unpaired) electrons. The van der Waals surface area contributed by atoms with Crippen molar-refractivity contribution in [2.75, 3.05) is 14.2 Å². The molecule has 1 aromatic carbocycles. The molecule has 0 unspecified atom stereocenters. The van der Waals surface area contributed by atoms with Crippen LogP contribution >= 0.6 is 0 Å². The van der Waals surface area contributed by atoms with Gasteiger partial charge in [0.2, 0.25) is 11.4 Å². The number of aliphatic hydroxyl groups is 1. The molecule has 17 heavy (non-hydrogen) atoms. The fourth-order valence-electron chi connectivity index (χ4n) is 2.04. The van der Waals surface area contributed by atoms with E-state index in [0.29, 0.717) is 16.9 Å². The zero-order valence-electron chi connectivity index (χ0n) is 9.52. The zero-order chi connectivity index (χ0) is 12.6. The SMILES string of the molecule is COC(=O)[C@@]1(O)Cc2c(OC)cccc2C1=O. The van der Waals surface area contributed by atoms with Crippen LogP contribution in [0.15, 0.2) is 18.2 Å². The minimum atomic E-state index is -2.12. The minimum absolute atomic E-state index is 0.113. The average Bonchev–Trinajstić information content (AvgIpc) is 2.62. The zero-order valence-corrected chi connectivity index (χ0v) is 9.52. The highest BCUT2D eigenvalue weighted by Crippen LogP contribution is 2.36. The van der Waals surface area contributed by atoms with E-state index in [1.54, 1.807) is 18.2 Å². The van der Waals surface area contributed by atoms with Crippen LogP contribution in [0.4, 0.5) is 0 Å².